The summed E-state index contributed by atoms with van der Waals surface area (Å²) in [7, 11) is 0. The molecular formula is C23H28N2OS. The Labute approximate surface area is 166 Å². The number of hydrogen-bond acceptors (Lipinski definition) is 3. The van der Waals surface area contributed by atoms with E-state index in [1.165, 1.54) is 10.5 Å². The van der Waals surface area contributed by atoms with Crippen molar-refractivity contribution in [2.75, 3.05) is 25.9 Å². The van der Waals surface area contributed by atoms with Gasteiger partial charge in [0.1, 0.15) is 0 Å². The Balaban J connectivity index is 1.39. The normalized spacial score (nSPS) is 15.9. The summed E-state index contributed by atoms with van der Waals surface area (Å²) in [5, 5.41) is 3.06. The third kappa shape index (κ3) is 6.26. The van der Waals surface area contributed by atoms with Crippen molar-refractivity contribution >= 4 is 23.7 Å². The summed E-state index contributed by atoms with van der Waals surface area (Å²) in [6.07, 6.45) is 7.92. The quantitative estimate of drug-likeness (QED) is 0.569. The van der Waals surface area contributed by atoms with Gasteiger partial charge in [-0.2, -0.15) is 0 Å². The van der Waals surface area contributed by atoms with Crippen molar-refractivity contribution in [3.8, 4) is 0 Å². The van der Waals surface area contributed by atoms with E-state index in [-0.39, 0.29) is 5.91 Å². The monoisotopic (exact) mass is 380 g/mol. The first-order valence-corrected chi connectivity index (χ1v) is 10.8. The van der Waals surface area contributed by atoms with Gasteiger partial charge in [0, 0.05) is 24.1 Å². The number of benzene rings is 2. The van der Waals surface area contributed by atoms with Gasteiger partial charge in [-0.3, -0.25) is 9.69 Å². The molecule has 4 heteroatoms. The molecule has 0 radical (unpaired) electrons. The molecule has 142 valence electrons. The van der Waals surface area contributed by atoms with E-state index in [1.807, 2.05) is 48.2 Å². The van der Waals surface area contributed by atoms with Gasteiger partial charge in [0.05, 0.1) is 0 Å². The Morgan fingerprint density at radius 1 is 1.11 bits per heavy atom. The fourth-order valence-electron chi connectivity index (χ4n) is 3.46. The maximum atomic E-state index is 12.0. The number of hydrogen-bond donors (Lipinski definition) is 1. The lowest BCUT2D eigenvalue weighted by Crippen LogP contribution is -2.38. The van der Waals surface area contributed by atoms with Gasteiger partial charge >= 0.3 is 0 Å². The smallest absolute Gasteiger partial charge is 0.244 e. The molecule has 0 unspecified atom stereocenters. The van der Waals surface area contributed by atoms with E-state index in [2.05, 4.69) is 40.7 Å². The van der Waals surface area contributed by atoms with Crippen LogP contribution < -0.4 is 5.32 Å². The Hall–Kier alpha value is -2.04. The van der Waals surface area contributed by atoms with Crippen LogP contribution in [0, 0.1) is 5.92 Å². The molecule has 0 saturated carbocycles. The maximum absolute atomic E-state index is 12.0. The van der Waals surface area contributed by atoms with Gasteiger partial charge in [0.25, 0.3) is 0 Å². The van der Waals surface area contributed by atoms with Crippen LogP contribution >= 0.6 is 11.8 Å². The molecule has 27 heavy (non-hydrogen) atoms. The maximum Gasteiger partial charge on any atom is 0.244 e. The number of thioether (sulfide) groups is 1. The second kappa shape index (κ2) is 10.3. The molecule has 0 aromatic heterocycles. The van der Waals surface area contributed by atoms with Crippen molar-refractivity contribution in [2.45, 2.75) is 24.3 Å². The summed E-state index contributed by atoms with van der Waals surface area (Å²) < 4.78 is 0. The molecule has 2 aromatic carbocycles. The molecule has 1 N–H and O–H groups in total. The molecule has 1 saturated heterocycles. The van der Waals surface area contributed by atoms with Crippen molar-refractivity contribution in [3.05, 3.63) is 71.8 Å². The van der Waals surface area contributed by atoms with Crippen LogP contribution in [0.2, 0.25) is 0 Å². The highest BCUT2D eigenvalue weighted by atomic mass is 32.2. The van der Waals surface area contributed by atoms with Crippen LogP contribution in [0.1, 0.15) is 24.0 Å². The van der Waals surface area contributed by atoms with E-state index in [9.17, 15) is 4.79 Å². The van der Waals surface area contributed by atoms with Gasteiger partial charge in [-0.15, -0.1) is 11.8 Å². The lowest BCUT2D eigenvalue weighted by molar-refractivity contribution is -0.116. The summed E-state index contributed by atoms with van der Waals surface area (Å²) in [5.41, 5.74) is 2.47. The van der Waals surface area contributed by atoms with E-state index in [0.29, 0.717) is 5.92 Å². The molecular weight excluding hydrogens is 352 g/mol. The fourth-order valence-corrected chi connectivity index (χ4v) is 4.07. The van der Waals surface area contributed by atoms with E-state index < -0.39 is 0 Å². The molecule has 1 fully saturated rings. The number of nitrogens with one attached hydrogen (secondary N) is 1. The highest BCUT2D eigenvalue weighted by Crippen LogP contribution is 2.24. The molecule has 1 aliphatic rings. The zero-order valence-corrected chi connectivity index (χ0v) is 16.8. The Morgan fingerprint density at radius 2 is 1.81 bits per heavy atom. The minimum atomic E-state index is -0.00446. The third-order valence-corrected chi connectivity index (χ3v) is 5.92. The van der Waals surface area contributed by atoms with E-state index in [1.54, 1.807) is 6.08 Å². The van der Waals surface area contributed by atoms with E-state index >= 15 is 0 Å². The van der Waals surface area contributed by atoms with Crippen LogP contribution in [0.3, 0.4) is 0 Å². The number of nitrogens with zero attached hydrogens (tertiary/aromatic N) is 1. The lowest BCUT2D eigenvalue weighted by atomic mass is 9.96. The summed E-state index contributed by atoms with van der Waals surface area (Å²) in [6, 6.07) is 18.6. The van der Waals surface area contributed by atoms with Gasteiger partial charge in [-0.1, -0.05) is 48.5 Å². The average molecular weight is 381 g/mol. The van der Waals surface area contributed by atoms with Crippen molar-refractivity contribution in [2.24, 2.45) is 5.92 Å². The molecule has 3 rings (SSSR count). The minimum Gasteiger partial charge on any atom is -0.352 e. The van der Waals surface area contributed by atoms with Gasteiger partial charge < -0.3 is 5.32 Å². The zero-order chi connectivity index (χ0) is 18.9. The number of carbonyl (C=O) groups excluding carboxylic acids is 1. The molecule has 0 atom stereocenters. The van der Waals surface area contributed by atoms with Crippen molar-refractivity contribution < 1.29 is 4.79 Å². The zero-order valence-electron chi connectivity index (χ0n) is 15.9. The average Bonchev–Trinajstić information content (AvgIpc) is 2.73. The number of rotatable bonds is 7. The molecule has 1 amide bonds. The molecule has 0 aliphatic carbocycles. The van der Waals surface area contributed by atoms with Gasteiger partial charge in [0.15, 0.2) is 0 Å². The highest BCUT2D eigenvalue weighted by molar-refractivity contribution is 7.98. The Morgan fingerprint density at radius 3 is 2.56 bits per heavy atom. The summed E-state index contributed by atoms with van der Waals surface area (Å²) in [6.45, 7) is 4.00. The SMILES string of the molecule is CSc1ccccc1CN1CCC(CNC(=O)C=Cc2ccccc2)CC1. The van der Waals surface area contributed by atoms with E-state index in [0.717, 1.165) is 44.6 Å². The molecule has 0 spiro atoms. The predicted molar refractivity (Wildman–Crippen MR) is 115 cm³/mol. The van der Waals surface area contributed by atoms with E-state index in [4.69, 9.17) is 0 Å². The van der Waals surface area contributed by atoms with Crippen LogP contribution in [0.15, 0.2) is 65.6 Å². The number of likely N-dealkylation sites (tertiary alicyclic amines) is 1. The second-order valence-electron chi connectivity index (χ2n) is 7.02. The van der Waals surface area contributed by atoms with Crippen LogP contribution in [-0.4, -0.2) is 36.7 Å². The second-order valence-corrected chi connectivity index (χ2v) is 7.87. The third-order valence-electron chi connectivity index (χ3n) is 5.09. The number of piperidine rings is 1. The largest absolute Gasteiger partial charge is 0.352 e. The van der Waals surface area contributed by atoms with Crippen molar-refractivity contribution in [1.82, 2.24) is 10.2 Å². The lowest BCUT2D eigenvalue weighted by Gasteiger charge is -2.32. The van der Waals surface area contributed by atoms with Crippen molar-refractivity contribution in [1.29, 1.82) is 0 Å². The van der Waals surface area contributed by atoms with Gasteiger partial charge in [-0.25, -0.2) is 0 Å². The predicted octanol–water partition coefficient (Wildman–Crippen LogP) is 4.45. The van der Waals surface area contributed by atoms with Gasteiger partial charge in [-0.05, 0) is 61.4 Å². The molecule has 1 aliphatic heterocycles. The first-order valence-electron chi connectivity index (χ1n) is 9.60. The molecule has 0 bridgehead atoms. The number of amides is 1. The standard InChI is InChI=1S/C23H28N2OS/c1-27-22-10-6-5-9-21(22)18-25-15-13-20(14-16-25)17-24-23(26)12-11-19-7-3-2-4-8-19/h2-12,20H,13-18H2,1H3,(H,24,26). The molecule has 1 heterocycles. The van der Waals surface area contributed by atoms with Crippen molar-refractivity contribution in [3.63, 3.8) is 0 Å². The molecule has 3 nitrogen and oxygen atoms in total. The topological polar surface area (TPSA) is 32.3 Å². The summed E-state index contributed by atoms with van der Waals surface area (Å²) >= 11 is 1.82. The minimum absolute atomic E-state index is 0.00446. The highest BCUT2D eigenvalue weighted by Gasteiger charge is 2.20. The van der Waals surface area contributed by atoms with Crippen LogP contribution in [-0.2, 0) is 11.3 Å². The summed E-state index contributed by atoms with van der Waals surface area (Å²) in [5.74, 6) is 0.571. The Kier molecular flexibility index (Phi) is 7.55. The van der Waals surface area contributed by atoms with Gasteiger partial charge in [0.2, 0.25) is 5.91 Å². The fraction of sp³-hybridized carbons (Fsp3) is 0.348. The van der Waals surface area contributed by atoms with Crippen LogP contribution in [0.25, 0.3) is 6.08 Å². The Bertz CT molecular complexity index is 752. The molecule has 2 aromatic rings. The first-order chi connectivity index (χ1) is 13.2. The van der Waals surface area contributed by atoms with Crippen LogP contribution in [0.4, 0.5) is 0 Å². The first kappa shape index (κ1) is 19.7. The van der Waals surface area contributed by atoms with Crippen LogP contribution in [0.5, 0.6) is 0 Å². The summed E-state index contributed by atoms with van der Waals surface area (Å²) in [4.78, 5) is 15.9. The number of carbonyl (C=O) groups is 1.